The molecule has 4 heterocycles. The first-order valence-electron chi connectivity index (χ1n) is 38.0. The number of hydrogen-bond acceptors (Lipinski definition) is 34. The van der Waals surface area contributed by atoms with E-state index >= 15 is 0 Å². The highest BCUT2D eigenvalue weighted by Gasteiger charge is 2.47. The van der Waals surface area contributed by atoms with E-state index in [-0.39, 0.29) is 225 Å². The number of nitrogens with zero attached hydrogens (tertiary/aromatic N) is 1. The summed E-state index contributed by atoms with van der Waals surface area (Å²) in [4.78, 5) is 67.8. The summed E-state index contributed by atoms with van der Waals surface area (Å²) >= 11 is 0. The first-order chi connectivity index (χ1) is 52.3. The molecule has 4 saturated heterocycles. The summed E-state index contributed by atoms with van der Waals surface area (Å²) in [6.07, 6.45) is -14.4. The summed E-state index contributed by atoms with van der Waals surface area (Å²) in [6, 6.07) is -0.151. The highest BCUT2D eigenvalue weighted by Crippen LogP contribution is 2.26. The van der Waals surface area contributed by atoms with Gasteiger partial charge in [-0.2, -0.15) is 0 Å². The molecule has 17 atom stereocenters. The number of β-amino-alcohol motifs (C(OH)–C–C–N with tert-alkyl or cyclic N) is 1. The zero-order chi connectivity index (χ0) is 79.8. The average Bonchev–Trinajstić information content (AvgIpc) is 1.14. The van der Waals surface area contributed by atoms with Crippen LogP contribution in [0.1, 0.15) is 111 Å². The van der Waals surface area contributed by atoms with Crippen LogP contribution in [0.2, 0.25) is 0 Å². The summed E-state index contributed by atoms with van der Waals surface area (Å²) in [5.41, 5.74) is -1.76. The van der Waals surface area contributed by atoms with Crippen LogP contribution in [0.3, 0.4) is 0 Å². The van der Waals surface area contributed by atoms with Crippen LogP contribution in [-0.4, -0.2) is 408 Å². The van der Waals surface area contributed by atoms with E-state index in [9.17, 15) is 90.4 Å². The summed E-state index contributed by atoms with van der Waals surface area (Å²) in [6.45, 7) is 5.57. The second kappa shape index (κ2) is 56.5. The third-order valence-corrected chi connectivity index (χ3v) is 17.8. The molecule has 4 aliphatic heterocycles. The van der Waals surface area contributed by atoms with Gasteiger partial charge in [-0.1, -0.05) is 38.5 Å². The number of rotatable bonds is 62. The van der Waals surface area contributed by atoms with Crippen molar-refractivity contribution in [3.05, 3.63) is 0 Å². The van der Waals surface area contributed by atoms with E-state index in [0.29, 0.717) is 32.4 Å². The molecule has 6 unspecified atom stereocenters. The highest BCUT2D eigenvalue weighted by atomic mass is 16.7. The lowest BCUT2D eigenvalue weighted by Gasteiger charge is -2.39. The number of carbonyl (C=O) groups excluding carboxylic acids is 5. The number of amides is 5. The van der Waals surface area contributed by atoms with Gasteiger partial charge < -0.3 is 168 Å². The zero-order valence-electron chi connectivity index (χ0n) is 63.6. The van der Waals surface area contributed by atoms with Gasteiger partial charge in [-0.05, 0) is 40.0 Å². The Morgan fingerprint density at radius 2 is 0.697 bits per heavy atom. The Kier molecular flexibility index (Phi) is 50.5. The number of aliphatic hydroxyl groups excluding tert-OH is 13. The van der Waals surface area contributed by atoms with E-state index in [2.05, 4.69) is 21.3 Å². The molecule has 5 amide bonds. The maximum atomic E-state index is 14.0. The lowest BCUT2D eigenvalue weighted by atomic mass is 9.99. The first kappa shape index (κ1) is 97.6. The van der Waals surface area contributed by atoms with Crippen molar-refractivity contribution in [2.45, 2.75) is 226 Å². The molecule has 4 aliphatic rings. The fraction of sp³-hybridized carbons (Fsp3) is 0.929. The van der Waals surface area contributed by atoms with E-state index < -0.39 is 124 Å². The second-order valence-corrected chi connectivity index (χ2v) is 28.0. The molecule has 39 nitrogen and oxygen atoms in total. The van der Waals surface area contributed by atoms with Gasteiger partial charge >= 0.3 is 0 Å². The molecule has 39 heteroatoms. The summed E-state index contributed by atoms with van der Waals surface area (Å²) in [7, 11) is 0. The van der Waals surface area contributed by atoms with Crippen molar-refractivity contribution < 1.29 is 166 Å². The quantitative estimate of drug-likeness (QED) is 0.0252. The molecule has 0 bridgehead atoms. The van der Waals surface area contributed by atoms with Gasteiger partial charge in [0, 0.05) is 58.3 Å². The molecule has 0 aromatic heterocycles. The molecular formula is C70H129N5O34. The van der Waals surface area contributed by atoms with Crippen molar-refractivity contribution in [2.24, 2.45) is 0 Å². The van der Waals surface area contributed by atoms with Gasteiger partial charge in [0.05, 0.1) is 183 Å². The number of carbonyl (C=O) groups is 5. The van der Waals surface area contributed by atoms with Crippen LogP contribution >= 0.6 is 0 Å². The maximum absolute atomic E-state index is 14.0. The SMILES string of the molecule is CC(C)(C)OC[C@@H]1C[C@@H](O)CN1C(=O)CCCCCCCCCCC(=O)NC(COCCC(=O)NCCOCCOCCO[C@H]1OC(CO)[C@@H](O)[C@H](O)C1O)(COCCC(=O)NCCOCCOCCO[C@H]1OC(CO)[C@@H](O)[C@H](O)C1O)COCCC(=O)NCCOCCOCCO[C@H]1OC(CO)[C@@H](O)[C@H](O)C1O. The highest BCUT2D eigenvalue weighted by molar-refractivity contribution is 5.78. The lowest BCUT2D eigenvalue weighted by molar-refractivity contribution is -0.302. The van der Waals surface area contributed by atoms with Crippen LogP contribution in [-0.2, 0) is 99.8 Å². The van der Waals surface area contributed by atoms with Crippen LogP contribution in [0, 0.1) is 0 Å². The summed E-state index contributed by atoms with van der Waals surface area (Å²) < 4.78 is 89.4. The van der Waals surface area contributed by atoms with Crippen molar-refractivity contribution in [2.75, 3.05) is 191 Å². The van der Waals surface area contributed by atoms with Crippen LogP contribution in [0.25, 0.3) is 0 Å². The summed E-state index contributed by atoms with van der Waals surface area (Å²) in [5.74, 6) is -1.44. The molecule has 0 aromatic carbocycles. The average molecular weight is 1580 g/mol. The van der Waals surface area contributed by atoms with Crippen molar-refractivity contribution in [1.82, 2.24) is 26.2 Å². The van der Waals surface area contributed by atoms with Crippen molar-refractivity contribution in [3.8, 4) is 0 Å². The third-order valence-electron chi connectivity index (χ3n) is 17.8. The monoisotopic (exact) mass is 1580 g/mol. The van der Waals surface area contributed by atoms with Gasteiger partial charge in [0.25, 0.3) is 0 Å². The van der Waals surface area contributed by atoms with Crippen molar-refractivity contribution in [1.29, 1.82) is 0 Å². The van der Waals surface area contributed by atoms with Gasteiger partial charge in [-0.15, -0.1) is 0 Å². The second-order valence-electron chi connectivity index (χ2n) is 28.0. The van der Waals surface area contributed by atoms with Crippen molar-refractivity contribution >= 4 is 29.5 Å². The Labute approximate surface area is 637 Å². The fourth-order valence-corrected chi connectivity index (χ4v) is 11.7. The predicted molar refractivity (Wildman–Crippen MR) is 378 cm³/mol. The van der Waals surface area contributed by atoms with Crippen molar-refractivity contribution in [3.63, 3.8) is 0 Å². The Morgan fingerprint density at radius 1 is 0.376 bits per heavy atom. The van der Waals surface area contributed by atoms with E-state index in [1.54, 1.807) is 4.90 Å². The minimum Gasteiger partial charge on any atom is -0.394 e. The minimum atomic E-state index is -1.58. The first-order valence-corrected chi connectivity index (χ1v) is 38.0. The van der Waals surface area contributed by atoms with Crippen LogP contribution in [0.5, 0.6) is 0 Å². The maximum Gasteiger partial charge on any atom is 0.222 e. The molecule has 4 rings (SSSR count). The van der Waals surface area contributed by atoms with E-state index in [0.717, 1.165) is 44.9 Å². The largest absolute Gasteiger partial charge is 0.394 e. The van der Waals surface area contributed by atoms with Gasteiger partial charge in [-0.3, -0.25) is 24.0 Å². The molecule has 0 radical (unpaired) electrons. The molecule has 17 N–H and O–H groups in total. The van der Waals surface area contributed by atoms with Gasteiger partial charge in [0.15, 0.2) is 18.9 Å². The van der Waals surface area contributed by atoms with Crippen LogP contribution in [0.4, 0.5) is 0 Å². The molecule has 0 saturated carbocycles. The Balaban J connectivity index is 1.26. The van der Waals surface area contributed by atoms with Crippen LogP contribution < -0.4 is 21.3 Å². The molecule has 0 aliphatic carbocycles. The van der Waals surface area contributed by atoms with E-state index in [1.807, 2.05) is 20.8 Å². The smallest absolute Gasteiger partial charge is 0.222 e. The molecule has 0 spiro atoms. The molecule has 4 fully saturated rings. The van der Waals surface area contributed by atoms with E-state index in [4.69, 9.17) is 75.8 Å². The fourth-order valence-electron chi connectivity index (χ4n) is 11.7. The number of hydrogen-bond donors (Lipinski definition) is 17. The molecule has 109 heavy (non-hydrogen) atoms. The number of unbranched alkanes of at least 4 members (excludes halogenated alkanes) is 7. The Morgan fingerprint density at radius 3 is 1.04 bits per heavy atom. The summed E-state index contributed by atoms with van der Waals surface area (Å²) in [5, 5.41) is 140. The van der Waals surface area contributed by atoms with Gasteiger partial charge in [-0.25, -0.2) is 0 Å². The lowest BCUT2D eigenvalue weighted by Crippen LogP contribution is -2.59. The standard InChI is InChI=1S/C70H129N5O34/c1-69(2,3)106-43-47-38-48(79)39-75(47)56(84)13-11-9-7-5-4-6-8-10-12-55(83)74-70(44-100-20-14-52(80)71-17-23-94-26-29-97-32-35-103-66-63(91)60(88)57(85)49(40-76)107-66,45-101-21-15-53(81)72-18-24-95-27-30-98-33-36-104-67-64(92)61(89)58(86)50(41-77)108-67)46-102-22-16-54(82)73-19-25-96-28-31-99-34-37-105-68-65(93)62(90)59(87)51(42-78)109-68/h47-51,57-68,76-79,85-93H,4-46H2,1-3H3,(H,71,80)(H,72,81)(H,73,82)(H,74,83)/t47-,48+,49?,50?,51?,57+,58+,59+,60-,61-,62-,63?,64?,65?,66-,67-,68-,70?/m0/s1. The van der Waals surface area contributed by atoms with Gasteiger partial charge in [0.1, 0.15) is 78.8 Å². The minimum absolute atomic E-state index is 0.0208. The Hall–Kier alpha value is -3.81. The number of aliphatic hydroxyl groups is 13. The zero-order valence-corrected chi connectivity index (χ0v) is 63.6. The Bertz CT molecular complexity index is 2230. The molecular weight excluding hydrogens is 1450 g/mol. The molecule has 638 valence electrons. The van der Waals surface area contributed by atoms with Gasteiger partial charge in [0.2, 0.25) is 29.5 Å². The third kappa shape index (κ3) is 39.9. The topological polar surface area (TPSA) is 547 Å². The molecule has 0 aromatic rings. The van der Waals surface area contributed by atoms with Crippen LogP contribution in [0.15, 0.2) is 0 Å². The number of likely N-dealkylation sites (tertiary alicyclic amines) is 1. The normalized spacial score (nSPS) is 27.2. The number of nitrogens with one attached hydrogen (secondary N) is 4. The predicted octanol–water partition coefficient (Wildman–Crippen LogP) is -6.36. The van der Waals surface area contributed by atoms with E-state index in [1.165, 1.54) is 0 Å². The number of ether oxygens (including phenoxy) is 16.